The zero-order valence-electron chi connectivity index (χ0n) is 8.33. The summed E-state index contributed by atoms with van der Waals surface area (Å²) in [5.74, 6) is 0.997. The van der Waals surface area contributed by atoms with Crippen molar-refractivity contribution in [1.29, 1.82) is 0 Å². The molecule has 0 aromatic carbocycles. The Morgan fingerprint density at radius 2 is 2.07 bits per heavy atom. The number of fused-ring (bicyclic) bond motifs is 1. The second-order valence-electron chi connectivity index (χ2n) is 4.42. The lowest BCUT2D eigenvalue weighted by Crippen LogP contribution is -2.35. The average Bonchev–Trinajstić information content (AvgIpc) is 2.76. The average molecular weight is 192 g/mol. The Hall–Kier alpha value is -0.960. The summed E-state index contributed by atoms with van der Waals surface area (Å²) in [5.41, 5.74) is 7.62. The number of ether oxygens (including phenoxy) is 1. The Morgan fingerprint density at radius 1 is 1.29 bits per heavy atom. The highest BCUT2D eigenvalue weighted by molar-refractivity contribution is 5.29. The van der Waals surface area contributed by atoms with Crippen molar-refractivity contribution in [3.05, 3.63) is 17.8 Å². The number of nitrogens with zero attached hydrogens (tertiary/aromatic N) is 1. The maximum absolute atomic E-state index is 6.42. The van der Waals surface area contributed by atoms with Crippen LogP contribution in [0, 0.1) is 0 Å². The van der Waals surface area contributed by atoms with E-state index in [9.17, 15) is 0 Å². The van der Waals surface area contributed by atoms with Gasteiger partial charge in [0, 0.05) is 11.8 Å². The third-order valence-electron chi connectivity index (χ3n) is 3.51. The molecule has 0 saturated heterocycles. The summed E-state index contributed by atoms with van der Waals surface area (Å²) in [5, 5.41) is 0. The minimum absolute atomic E-state index is 0.0774. The van der Waals surface area contributed by atoms with Crippen LogP contribution in [0.25, 0.3) is 0 Å². The molecule has 3 rings (SSSR count). The highest BCUT2D eigenvalue weighted by Gasteiger charge is 2.35. The van der Waals surface area contributed by atoms with E-state index >= 15 is 0 Å². The fraction of sp³-hybridized carbons (Fsp3) is 0.636. The standard InChI is InChI=1S/C11H16N2O/c12-11(5-1-2-6-11)9-3-4-10-13(9)7-8-14-10/h3-4H,1-2,5-8,12H2. The molecule has 0 unspecified atom stereocenters. The van der Waals surface area contributed by atoms with Crippen LogP contribution in [0.5, 0.6) is 5.88 Å². The van der Waals surface area contributed by atoms with E-state index in [1.165, 1.54) is 18.5 Å². The minimum Gasteiger partial charge on any atom is -0.477 e. The molecule has 0 bridgehead atoms. The van der Waals surface area contributed by atoms with Gasteiger partial charge in [0.25, 0.3) is 0 Å². The highest BCUT2D eigenvalue weighted by atomic mass is 16.5. The zero-order chi connectivity index (χ0) is 9.60. The van der Waals surface area contributed by atoms with Gasteiger partial charge in [0.2, 0.25) is 0 Å². The quantitative estimate of drug-likeness (QED) is 0.734. The highest BCUT2D eigenvalue weighted by Crippen LogP contribution is 2.39. The number of hydrogen-bond donors (Lipinski definition) is 1. The minimum atomic E-state index is -0.0774. The predicted molar refractivity (Wildman–Crippen MR) is 54.3 cm³/mol. The fourth-order valence-corrected chi connectivity index (χ4v) is 2.74. The van der Waals surface area contributed by atoms with Crippen molar-refractivity contribution in [2.75, 3.05) is 6.61 Å². The molecular formula is C11H16N2O. The van der Waals surface area contributed by atoms with E-state index in [1.54, 1.807) is 0 Å². The van der Waals surface area contributed by atoms with Crippen molar-refractivity contribution in [2.24, 2.45) is 5.73 Å². The maximum atomic E-state index is 6.42. The zero-order valence-corrected chi connectivity index (χ0v) is 8.33. The van der Waals surface area contributed by atoms with Crippen LogP contribution >= 0.6 is 0 Å². The Balaban J connectivity index is 2.03. The maximum Gasteiger partial charge on any atom is 0.193 e. The first-order chi connectivity index (χ1) is 6.80. The summed E-state index contributed by atoms with van der Waals surface area (Å²) >= 11 is 0. The van der Waals surface area contributed by atoms with E-state index in [0.29, 0.717) is 0 Å². The van der Waals surface area contributed by atoms with Gasteiger partial charge in [0.15, 0.2) is 5.88 Å². The van der Waals surface area contributed by atoms with Crippen molar-refractivity contribution in [1.82, 2.24) is 4.57 Å². The lowest BCUT2D eigenvalue weighted by molar-refractivity contribution is 0.356. The van der Waals surface area contributed by atoms with Crippen molar-refractivity contribution in [3.8, 4) is 5.88 Å². The molecule has 3 heteroatoms. The summed E-state index contributed by atoms with van der Waals surface area (Å²) in [6, 6.07) is 4.19. The number of aromatic nitrogens is 1. The van der Waals surface area contributed by atoms with E-state index in [4.69, 9.17) is 10.5 Å². The van der Waals surface area contributed by atoms with Crippen LogP contribution in [0.3, 0.4) is 0 Å². The van der Waals surface area contributed by atoms with Gasteiger partial charge >= 0.3 is 0 Å². The Labute approximate surface area is 83.8 Å². The van der Waals surface area contributed by atoms with Crippen LogP contribution in [-0.2, 0) is 12.1 Å². The molecule has 3 nitrogen and oxygen atoms in total. The largest absolute Gasteiger partial charge is 0.477 e. The first kappa shape index (κ1) is 8.36. The van der Waals surface area contributed by atoms with Crippen LogP contribution in [0.4, 0.5) is 0 Å². The van der Waals surface area contributed by atoms with Crippen LogP contribution in [0.15, 0.2) is 12.1 Å². The fourth-order valence-electron chi connectivity index (χ4n) is 2.74. The SMILES string of the molecule is NC1(c2ccc3n2CCO3)CCCC1. The van der Waals surface area contributed by atoms with Gasteiger partial charge < -0.3 is 15.0 Å². The second-order valence-corrected chi connectivity index (χ2v) is 4.42. The molecule has 0 radical (unpaired) electrons. The van der Waals surface area contributed by atoms with Crippen LogP contribution in [-0.4, -0.2) is 11.2 Å². The van der Waals surface area contributed by atoms with Gasteiger partial charge in [-0.15, -0.1) is 0 Å². The first-order valence-electron chi connectivity index (χ1n) is 5.41. The third kappa shape index (κ3) is 1.02. The molecule has 0 amide bonds. The van der Waals surface area contributed by atoms with Gasteiger partial charge in [0.05, 0.1) is 12.1 Å². The lowest BCUT2D eigenvalue weighted by atomic mass is 9.95. The number of hydrogen-bond acceptors (Lipinski definition) is 2. The van der Waals surface area contributed by atoms with E-state index in [1.807, 2.05) is 0 Å². The van der Waals surface area contributed by atoms with Gasteiger partial charge in [-0.05, 0) is 18.9 Å². The van der Waals surface area contributed by atoms with E-state index < -0.39 is 0 Å². The van der Waals surface area contributed by atoms with E-state index in [0.717, 1.165) is 31.9 Å². The smallest absolute Gasteiger partial charge is 0.193 e. The summed E-state index contributed by atoms with van der Waals surface area (Å²) in [7, 11) is 0. The van der Waals surface area contributed by atoms with Gasteiger partial charge in [-0.25, -0.2) is 0 Å². The molecule has 1 aromatic heterocycles. The first-order valence-corrected chi connectivity index (χ1v) is 5.41. The topological polar surface area (TPSA) is 40.2 Å². The number of rotatable bonds is 1. The Kier molecular flexibility index (Phi) is 1.65. The molecule has 14 heavy (non-hydrogen) atoms. The Bertz CT molecular complexity index is 350. The van der Waals surface area contributed by atoms with Gasteiger partial charge in [-0.1, -0.05) is 12.8 Å². The predicted octanol–water partition coefficient (Wildman–Crippen LogP) is 1.61. The normalized spacial score (nSPS) is 23.5. The second kappa shape index (κ2) is 2.76. The molecule has 2 heterocycles. The Morgan fingerprint density at radius 3 is 2.86 bits per heavy atom. The van der Waals surface area contributed by atoms with Crippen molar-refractivity contribution < 1.29 is 4.74 Å². The molecule has 0 atom stereocenters. The molecule has 0 spiro atoms. The van der Waals surface area contributed by atoms with Crippen molar-refractivity contribution in [3.63, 3.8) is 0 Å². The molecule has 1 saturated carbocycles. The monoisotopic (exact) mass is 192 g/mol. The van der Waals surface area contributed by atoms with Crippen molar-refractivity contribution >= 4 is 0 Å². The van der Waals surface area contributed by atoms with Crippen LogP contribution < -0.4 is 10.5 Å². The van der Waals surface area contributed by atoms with Gasteiger partial charge in [0.1, 0.15) is 6.61 Å². The molecule has 1 aliphatic heterocycles. The third-order valence-corrected chi connectivity index (χ3v) is 3.51. The molecular weight excluding hydrogens is 176 g/mol. The summed E-state index contributed by atoms with van der Waals surface area (Å²) < 4.78 is 7.73. The molecule has 1 aliphatic carbocycles. The molecule has 76 valence electrons. The lowest BCUT2D eigenvalue weighted by Gasteiger charge is -2.24. The molecule has 2 N–H and O–H groups in total. The number of nitrogens with two attached hydrogens (primary N) is 1. The van der Waals surface area contributed by atoms with E-state index in [-0.39, 0.29) is 5.54 Å². The van der Waals surface area contributed by atoms with Crippen molar-refractivity contribution in [2.45, 2.75) is 37.8 Å². The summed E-state index contributed by atoms with van der Waals surface area (Å²) in [6.07, 6.45) is 4.77. The summed E-state index contributed by atoms with van der Waals surface area (Å²) in [6.45, 7) is 1.77. The van der Waals surface area contributed by atoms with Gasteiger partial charge in [-0.2, -0.15) is 0 Å². The molecule has 1 aromatic rings. The molecule has 1 fully saturated rings. The van der Waals surface area contributed by atoms with Crippen LogP contribution in [0.1, 0.15) is 31.4 Å². The van der Waals surface area contributed by atoms with Crippen LogP contribution in [0.2, 0.25) is 0 Å². The van der Waals surface area contributed by atoms with E-state index in [2.05, 4.69) is 16.7 Å². The summed E-state index contributed by atoms with van der Waals surface area (Å²) in [4.78, 5) is 0. The van der Waals surface area contributed by atoms with Gasteiger partial charge in [-0.3, -0.25) is 0 Å². The molecule has 2 aliphatic rings.